The zero-order valence-corrected chi connectivity index (χ0v) is 6.76. The van der Waals surface area contributed by atoms with Crippen molar-refractivity contribution < 1.29 is 0 Å². The smallest absolute Gasteiger partial charge is 0.133 e. The molecule has 0 saturated carbocycles. The van der Waals surface area contributed by atoms with Crippen LogP contribution in [0.3, 0.4) is 0 Å². The Morgan fingerprint density at radius 3 is 3.09 bits per heavy atom. The van der Waals surface area contributed by atoms with Crippen LogP contribution in [0.25, 0.3) is 0 Å². The Labute approximate surface area is 65.9 Å². The molecular formula is C8H11N3. The van der Waals surface area contributed by atoms with Gasteiger partial charge in [0.05, 0.1) is 0 Å². The van der Waals surface area contributed by atoms with Gasteiger partial charge in [0.1, 0.15) is 12.1 Å². The Hall–Kier alpha value is -1.12. The van der Waals surface area contributed by atoms with Crippen molar-refractivity contribution in [3.63, 3.8) is 0 Å². The number of hydrogen-bond acceptors (Lipinski definition) is 3. The Kier molecular flexibility index (Phi) is 1.16. The molecule has 0 bridgehead atoms. The maximum absolute atomic E-state index is 4.13. The summed E-state index contributed by atoms with van der Waals surface area (Å²) >= 11 is 0. The lowest BCUT2D eigenvalue weighted by atomic mass is 9.89. The molecule has 11 heavy (non-hydrogen) atoms. The number of nitrogens with one attached hydrogen (secondary N) is 1. The highest BCUT2D eigenvalue weighted by molar-refractivity contribution is 5.52. The van der Waals surface area contributed by atoms with Gasteiger partial charge in [-0.05, 0) is 0 Å². The fraction of sp³-hybridized carbons (Fsp3) is 0.500. The first-order valence-corrected chi connectivity index (χ1v) is 3.74. The molecule has 0 spiro atoms. The molecular weight excluding hydrogens is 138 g/mol. The molecule has 1 aromatic heterocycles. The van der Waals surface area contributed by atoms with Crippen molar-refractivity contribution in [2.75, 3.05) is 11.9 Å². The van der Waals surface area contributed by atoms with Gasteiger partial charge in [0.2, 0.25) is 0 Å². The monoisotopic (exact) mass is 149 g/mol. The highest BCUT2D eigenvalue weighted by Crippen LogP contribution is 2.33. The second-order valence-corrected chi connectivity index (χ2v) is 3.52. The van der Waals surface area contributed by atoms with E-state index in [2.05, 4.69) is 29.1 Å². The standard InChI is InChI=1S/C8H11N3/c1-8(2)4-10-7-6(8)3-9-5-11-7/h3,5H,4H2,1-2H3,(H,9,10,11). The molecule has 1 aliphatic rings. The van der Waals surface area contributed by atoms with Crippen LogP contribution in [0.5, 0.6) is 0 Å². The van der Waals surface area contributed by atoms with E-state index in [1.54, 1.807) is 6.33 Å². The second kappa shape index (κ2) is 1.94. The topological polar surface area (TPSA) is 37.8 Å². The van der Waals surface area contributed by atoms with E-state index >= 15 is 0 Å². The molecule has 0 amide bonds. The quantitative estimate of drug-likeness (QED) is 0.602. The molecule has 3 nitrogen and oxygen atoms in total. The van der Waals surface area contributed by atoms with E-state index in [0.29, 0.717) is 0 Å². The first-order chi connectivity index (χ1) is 5.20. The van der Waals surface area contributed by atoms with Gasteiger partial charge < -0.3 is 5.32 Å². The molecule has 2 heterocycles. The largest absolute Gasteiger partial charge is 0.369 e. The first-order valence-electron chi connectivity index (χ1n) is 3.74. The molecule has 2 rings (SSSR count). The summed E-state index contributed by atoms with van der Waals surface area (Å²) in [6.45, 7) is 5.34. The summed E-state index contributed by atoms with van der Waals surface area (Å²) in [7, 11) is 0. The number of rotatable bonds is 0. The lowest BCUT2D eigenvalue weighted by molar-refractivity contribution is 0.584. The van der Waals surface area contributed by atoms with Crippen molar-refractivity contribution in [1.29, 1.82) is 0 Å². The summed E-state index contributed by atoms with van der Waals surface area (Å²) in [6, 6.07) is 0. The van der Waals surface area contributed by atoms with Crippen LogP contribution in [0.4, 0.5) is 5.82 Å². The summed E-state index contributed by atoms with van der Waals surface area (Å²) in [5.74, 6) is 0.991. The van der Waals surface area contributed by atoms with Crippen molar-refractivity contribution in [2.45, 2.75) is 19.3 Å². The van der Waals surface area contributed by atoms with Crippen LogP contribution < -0.4 is 5.32 Å². The zero-order valence-electron chi connectivity index (χ0n) is 6.76. The molecule has 1 N–H and O–H groups in total. The van der Waals surface area contributed by atoms with Crippen LogP contribution in [0.2, 0.25) is 0 Å². The van der Waals surface area contributed by atoms with Crippen molar-refractivity contribution in [1.82, 2.24) is 9.97 Å². The minimum absolute atomic E-state index is 0.191. The van der Waals surface area contributed by atoms with E-state index in [4.69, 9.17) is 0 Å². The van der Waals surface area contributed by atoms with Crippen molar-refractivity contribution in [3.05, 3.63) is 18.1 Å². The maximum atomic E-state index is 4.13. The minimum atomic E-state index is 0.191. The van der Waals surface area contributed by atoms with Gasteiger partial charge in [-0.25, -0.2) is 9.97 Å². The predicted molar refractivity (Wildman–Crippen MR) is 43.5 cm³/mol. The molecule has 0 radical (unpaired) electrons. The third-order valence-corrected chi connectivity index (χ3v) is 2.14. The van der Waals surface area contributed by atoms with Crippen LogP contribution in [0.15, 0.2) is 12.5 Å². The number of anilines is 1. The lowest BCUT2D eigenvalue weighted by Crippen LogP contribution is -2.18. The number of nitrogens with zero attached hydrogens (tertiary/aromatic N) is 2. The average molecular weight is 149 g/mol. The van der Waals surface area contributed by atoms with E-state index in [0.717, 1.165) is 12.4 Å². The zero-order chi connectivity index (χ0) is 7.90. The number of fused-ring (bicyclic) bond motifs is 1. The normalized spacial score (nSPS) is 19.1. The van der Waals surface area contributed by atoms with E-state index < -0.39 is 0 Å². The highest BCUT2D eigenvalue weighted by Gasteiger charge is 2.30. The molecule has 0 fully saturated rings. The second-order valence-electron chi connectivity index (χ2n) is 3.52. The van der Waals surface area contributed by atoms with Gasteiger partial charge >= 0.3 is 0 Å². The van der Waals surface area contributed by atoms with Crippen molar-refractivity contribution in [3.8, 4) is 0 Å². The summed E-state index contributed by atoms with van der Waals surface area (Å²) in [6.07, 6.45) is 3.47. The number of hydrogen-bond donors (Lipinski definition) is 1. The molecule has 1 aliphatic heterocycles. The van der Waals surface area contributed by atoms with Crippen LogP contribution in [0.1, 0.15) is 19.4 Å². The summed E-state index contributed by atoms with van der Waals surface area (Å²) < 4.78 is 0. The fourth-order valence-electron chi connectivity index (χ4n) is 1.37. The van der Waals surface area contributed by atoms with Gasteiger partial charge in [-0.15, -0.1) is 0 Å². The van der Waals surface area contributed by atoms with Crippen molar-refractivity contribution in [2.24, 2.45) is 0 Å². The van der Waals surface area contributed by atoms with Crippen molar-refractivity contribution >= 4 is 5.82 Å². The molecule has 1 aromatic rings. The highest BCUT2D eigenvalue weighted by atomic mass is 15.0. The molecule has 0 unspecified atom stereocenters. The Morgan fingerprint density at radius 2 is 2.36 bits per heavy atom. The summed E-state index contributed by atoms with van der Waals surface area (Å²) in [4.78, 5) is 8.13. The van der Waals surface area contributed by atoms with Crippen LogP contribution in [-0.2, 0) is 5.41 Å². The summed E-state index contributed by atoms with van der Waals surface area (Å²) in [5.41, 5.74) is 1.41. The Morgan fingerprint density at radius 1 is 1.55 bits per heavy atom. The molecule has 0 aliphatic carbocycles. The van der Waals surface area contributed by atoms with Gasteiger partial charge in [-0.2, -0.15) is 0 Å². The van der Waals surface area contributed by atoms with Crippen LogP contribution in [-0.4, -0.2) is 16.5 Å². The summed E-state index contributed by atoms with van der Waals surface area (Å²) in [5, 5.41) is 3.24. The number of aromatic nitrogens is 2. The lowest BCUT2D eigenvalue weighted by Gasteiger charge is -2.15. The maximum Gasteiger partial charge on any atom is 0.133 e. The Bertz CT molecular complexity index is 280. The van der Waals surface area contributed by atoms with Gasteiger partial charge in [0, 0.05) is 23.7 Å². The van der Waals surface area contributed by atoms with Gasteiger partial charge in [0.15, 0.2) is 0 Å². The van der Waals surface area contributed by atoms with E-state index in [1.165, 1.54) is 5.56 Å². The predicted octanol–water partition coefficient (Wildman–Crippen LogP) is 1.18. The van der Waals surface area contributed by atoms with E-state index in [9.17, 15) is 0 Å². The molecule has 0 saturated heterocycles. The van der Waals surface area contributed by atoms with Crippen LogP contribution >= 0.6 is 0 Å². The SMILES string of the molecule is CC1(C)CNc2ncncc21. The van der Waals surface area contributed by atoms with Gasteiger partial charge in [-0.3, -0.25) is 0 Å². The third kappa shape index (κ3) is 0.878. The first kappa shape index (κ1) is 6.58. The van der Waals surface area contributed by atoms with Gasteiger partial charge in [-0.1, -0.05) is 13.8 Å². The molecule has 58 valence electrons. The van der Waals surface area contributed by atoms with E-state index in [1.807, 2.05) is 6.20 Å². The molecule has 0 aromatic carbocycles. The average Bonchev–Trinajstić information content (AvgIpc) is 2.29. The minimum Gasteiger partial charge on any atom is -0.369 e. The van der Waals surface area contributed by atoms with Crippen LogP contribution in [0, 0.1) is 0 Å². The van der Waals surface area contributed by atoms with Gasteiger partial charge in [0.25, 0.3) is 0 Å². The fourth-order valence-corrected chi connectivity index (χ4v) is 1.37. The Balaban J connectivity index is 2.56. The molecule has 3 heteroatoms. The van der Waals surface area contributed by atoms with E-state index in [-0.39, 0.29) is 5.41 Å². The molecule has 0 atom stereocenters. The third-order valence-electron chi connectivity index (χ3n) is 2.14.